The van der Waals surface area contributed by atoms with Gasteiger partial charge in [0.1, 0.15) is 6.61 Å². The molecule has 0 rings (SSSR count). The minimum Gasteiger partial charge on any atom is -0.462 e. The van der Waals surface area contributed by atoms with Crippen molar-refractivity contribution < 1.29 is 37.6 Å². The van der Waals surface area contributed by atoms with E-state index in [0.717, 1.165) is 167 Å². The van der Waals surface area contributed by atoms with E-state index >= 15 is 0 Å². The molecule has 0 radical (unpaired) electrons. The third kappa shape index (κ3) is 85.2. The fourth-order valence-corrected chi connectivity index (χ4v) is 11.6. The maximum atomic E-state index is 12.8. The molecule has 0 amide bonds. The summed E-state index contributed by atoms with van der Waals surface area (Å²) in [6.45, 7) is 3.50. The lowest BCUT2D eigenvalue weighted by atomic mass is 10.0. The molecule has 0 heterocycles. The fraction of sp³-hybridized carbons (Fsp3) is 0.591. The zero-order valence-electron chi connectivity index (χ0n) is 65.5. The predicted octanol–water partition coefficient (Wildman–Crippen LogP) is 28.3. The topological polar surface area (TPSA) is 134 Å². The predicted molar refractivity (Wildman–Crippen MR) is 449 cm³/mol. The zero-order chi connectivity index (χ0) is 74.3. The van der Waals surface area contributed by atoms with Crippen LogP contribution in [-0.4, -0.2) is 49.3 Å². The lowest BCUT2D eigenvalue weighted by molar-refractivity contribution is -0.161. The van der Waals surface area contributed by atoms with E-state index in [0.29, 0.717) is 6.42 Å². The fourth-order valence-electron chi connectivity index (χ4n) is 10.9. The molecule has 0 fully saturated rings. The van der Waals surface area contributed by atoms with Crippen LogP contribution in [0.1, 0.15) is 322 Å². The summed E-state index contributed by atoms with van der Waals surface area (Å²) < 4.78 is 33.3. The normalized spacial score (nSPS) is 14.0. The Labute approximate surface area is 632 Å². The molecule has 0 saturated heterocycles. The van der Waals surface area contributed by atoms with E-state index in [2.05, 4.69) is 233 Å². The average Bonchev–Trinajstić information content (AvgIpc) is 0.970. The molecule has 0 aliphatic carbocycles. The van der Waals surface area contributed by atoms with E-state index in [1.165, 1.54) is 122 Å². The highest BCUT2D eigenvalue weighted by Gasteiger charge is 2.26. The SMILES string of the molecule is CC/C=C\C/C=C\C/C=C\C/C=C\C/C=C\C/C=C\C/C=C\C/C=C\C/C=C\C/C=C\C/C=C\CCCCCCCCCC(=O)OC(COC(=O)CCCCCCCCCCCCCCCCCCCCC/C=C\C/C=C\C/C=C\C/C=C\C/C=C\C/C=C\C/C=C\CC)COP(=O)(O)OCCN. The lowest BCUT2D eigenvalue weighted by Gasteiger charge is -2.19. The first kappa shape index (κ1) is 97.3. The second-order valence-corrected chi connectivity index (χ2v) is 28.0. The summed E-state index contributed by atoms with van der Waals surface area (Å²) in [5.41, 5.74) is 5.42. The van der Waals surface area contributed by atoms with Crippen LogP contribution >= 0.6 is 7.82 Å². The Balaban J connectivity index is 3.91. The molecular weight excluding hydrogens is 1290 g/mol. The standard InChI is InChI=1S/C93H150NO8P/c1-3-5-7-9-11-13-15-17-19-21-23-25-27-29-31-33-35-37-39-41-43-45-47-49-51-53-55-57-59-61-63-65-67-69-71-73-75-77-79-81-83-85-92(95)99-89-91(90-101-103(97,98)100-88-87-94)102-93(96)86-84-82-80-78-76-74-72-70-68-66-64-62-60-58-56-54-52-50-48-46-44-42-40-38-36-34-32-30-28-26-24-22-20-18-16-14-12-10-8-6-4-2/h5-8,11-14,17-20,23-26,29-32,35-38,41-44,48,50,54,56,60,62,66,68,91H,3-4,9-10,15-16,21-22,27-28,33-34,39-40,45-47,49,51-53,55,57-59,61,63-65,67,69-90,94H2,1-2H3,(H,97,98)/b7-5-,8-6-,13-11-,14-12-,19-17-,20-18-,25-23-,26-24-,31-29-,32-30-,37-35-,38-36-,43-41-,44-42-,50-48-,56-54-,62-60-,68-66-. The Bertz CT molecular complexity index is 2510. The van der Waals surface area contributed by atoms with Crippen molar-refractivity contribution in [2.75, 3.05) is 26.4 Å². The molecule has 0 saturated carbocycles. The summed E-state index contributed by atoms with van der Waals surface area (Å²) in [5.74, 6) is -0.844. The number of hydrogen-bond acceptors (Lipinski definition) is 8. The summed E-state index contributed by atoms with van der Waals surface area (Å²) in [4.78, 5) is 35.5. The third-order valence-corrected chi connectivity index (χ3v) is 17.8. The van der Waals surface area contributed by atoms with Crippen molar-refractivity contribution in [3.63, 3.8) is 0 Å². The van der Waals surface area contributed by atoms with Crippen molar-refractivity contribution in [3.8, 4) is 0 Å². The monoisotopic (exact) mass is 1440 g/mol. The van der Waals surface area contributed by atoms with E-state index in [-0.39, 0.29) is 38.6 Å². The highest BCUT2D eigenvalue weighted by Crippen LogP contribution is 2.43. The van der Waals surface area contributed by atoms with E-state index in [4.69, 9.17) is 24.3 Å². The van der Waals surface area contributed by atoms with Gasteiger partial charge in [0.25, 0.3) is 0 Å². The van der Waals surface area contributed by atoms with Gasteiger partial charge in [0.05, 0.1) is 13.2 Å². The number of carbonyl (C=O) groups excluding carboxylic acids is 2. The number of carbonyl (C=O) groups is 2. The lowest BCUT2D eigenvalue weighted by Crippen LogP contribution is -2.29. The first-order chi connectivity index (χ1) is 50.8. The minimum atomic E-state index is -4.41. The number of phosphoric ester groups is 1. The van der Waals surface area contributed by atoms with E-state index in [1.807, 2.05) is 0 Å². The number of hydrogen-bond donors (Lipinski definition) is 2. The van der Waals surface area contributed by atoms with Gasteiger partial charge in [0, 0.05) is 19.4 Å². The smallest absolute Gasteiger partial charge is 0.462 e. The van der Waals surface area contributed by atoms with Crippen LogP contribution in [0.2, 0.25) is 0 Å². The summed E-state index contributed by atoms with van der Waals surface area (Å²) in [5, 5.41) is 0. The molecule has 2 unspecified atom stereocenters. The van der Waals surface area contributed by atoms with Gasteiger partial charge in [-0.3, -0.25) is 18.6 Å². The number of esters is 2. The summed E-state index contributed by atoms with van der Waals surface area (Å²) in [6.07, 6.45) is 132. The van der Waals surface area contributed by atoms with Crippen molar-refractivity contribution in [2.45, 2.75) is 328 Å². The number of rotatable bonds is 75. The zero-order valence-corrected chi connectivity index (χ0v) is 66.4. The maximum absolute atomic E-state index is 12.8. The highest BCUT2D eigenvalue weighted by molar-refractivity contribution is 7.47. The quantitative estimate of drug-likeness (QED) is 0.0264. The Hall–Kier alpha value is -5.67. The molecule has 0 aromatic carbocycles. The molecular formula is C93H150NO8P. The molecule has 10 heteroatoms. The Morgan fingerprint density at radius 1 is 0.291 bits per heavy atom. The Morgan fingerprint density at radius 2 is 0.505 bits per heavy atom. The van der Waals surface area contributed by atoms with Crippen LogP contribution in [0.25, 0.3) is 0 Å². The second kappa shape index (κ2) is 85.3. The summed E-state index contributed by atoms with van der Waals surface area (Å²) in [7, 11) is -4.41. The van der Waals surface area contributed by atoms with Crippen molar-refractivity contribution in [1.29, 1.82) is 0 Å². The average molecular weight is 1440 g/mol. The summed E-state index contributed by atoms with van der Waals surface area (Å²) >= 11 is 0. The van der Waals surface area contributed by atoms with Crippen LogP contribution in [0, 0.1) is 0 Å². The number of phosphoric acid groups is 1. The maximum Gasteiger partial charge on any atom is 0.472 e. The largest absolute Gasteiger partial charge is 0.472 e. The molecule has 3 N–H and O–H groups in total. The molecule has 0 bridgehead atoms. The number of ether oxygens (including phenoxy) is 2. The van der Waals surface area contributed by atoms with Crippen LogP contribution in [-0.2, 0) is 32.7 Å². The first-order valence-corrected chi connectivity index (χ1v) is 42.7. The number of unbranched alkanes of at least 4 members (excludes halogenated alkanes) is 26. The molecule has 103 heavy (non-hydrogen) atoms. The van der Waals surface area contributed by atoms with Gasteiger partial charge in [-0.1, -0.05) is 374 Å². The number of allylic oxidation sites excluding steroid dienone is 36. The van der Waals surface area contributed by atoms with E-state index in [1.54, 1.807) is 0 Å². The minimum absolute atomic E-state index is 0.0428. The molecule has 0 aromatic rings. The van der Waals surface area contributed by atoms with Crippen LogP contribution in [0.4, 0.5) is 0 Å². The van der Waals surface area contributed by atoms with Gasteiger partial charge in [-0.2, -0.15) is 0 Å². The van der Waals surface area contributed by atoms with Crippen molar-refractivity contribution in [2.24, 2.45) is 5.73 Å². The van der Waals surface area contributed by atoms with Crippen LogP contribution in [0.15, 0.2) is 219 Å². The Morgan fingerprint density at radius 3 is 0.748 bits per heavy atom. The van der Waals surface area contributed by atoms with Gasteiger partial charge in [0.2, 0.25) is 0 Å². The van der Waals surface area contributed by atoms with Crippen molar-refractivity contribution >= 4 is 19.8 Å². The number of nitrogens with two attached hydrogens (primary N) is 1. The van der Waals surface area contributed by atoms with Crippen molar-refractivity contribution in [1.82, 2.24) is 0 Å². The molecule has 0 aromatic heterocycles. The molecule has 580 valence electrons. The van der Waals surface area contributed by atoms with Gasteiger partial charge in [-0.15, -0.1) is 0 Å². The van der Waals surface area contributed by atoms with Gasteiger partial charge in [-0.25, -0.2) is 4.57 Å². The van der Waals surface area contributed by atoms with E-state index in [9.17, 15) is 19.0 Å². The Kier molecular flexibility index (Phi) is 80.6. The van der Waals surface area contributed by atoms with Gasteiger partial charge in [-0.05, 0) is 154 Å². The van der Waals surface area contributed by atoms with Gasteiger partial charge in [0.15, 0.2) is 6.10 Å². The molecule has 9 nitrogen and oxygen atoms in total. The summed E-state index contributed by atoms with van der Waals surface area (Å²) in [6, 6.07) is 0. The third-order valence-electron chi connectivity index (χ3n) is 16.9. The highest BCUT2D eigenvalue weighted by atomic mass is 31.2. The van der Waals surface area contributed by atoms with E-state index < -0.39 is 26.5 Å². The molecule has 0 aliphatic heterocycles. The molecule has 0 aliphatic rings. The van der Waals surface area contributed by atoms with Gasteiger partial charge >= 0.3 is 19.8 Å². The molecule has 2 atom stereocenters. The van der Waals surface area contributed by atoms with Crippen molar-refractivity contribution in [3.05, 3.63) is 219 Å². The molecule has 0 spiro atoms. The first-order valence-electron chi connectivity index (χ1n) is 41.2. The van der Waals surface area contributed by atoms with Crippen LogP contribution < -0.4 is 5.73 Å². The van der Waals surface area contributed by atoms with Gasteiger partial charge < -0.3 is 20.1 Å². The second-order valence-electron chi connectivity index (χ2n) is 26.5. The van der Waals surface area contributed by atoms with Crippen LogP contribution in [0.5, 0.6) is 0 Å². The van der Waals surface area contributed by atoms with Crippen LogP contribution in [0.3, 0.4) is 0 Å².